The smallest absolute Gasteiger partial charge is 0.220 e. The van der Waals surface area contributed by atoms with Crippen molar-refractivity contribution in [3.63, 3.8) is 0 Å². The van der Waals surface area contributed by atoms with Crippen LogP contribution in [0.4, 0.5) is 0 Å². The minimum atomic E-state index is -0.0893. The van der Waals surface area contributed by atoms with Crippen molar-refractivity contribution in [2.45, 2.75) is 19.8 Å². The Balaban J connectivity index is 2.40. The number of thiophene rings is 1. The first-order valence-corrected chi connectivity index (χ1v) is 5.88. The van der Waals surface area contributed by atoms with E-state index >= 15 is 0 Å². The molecule has 1 heterocycles. The summed E-state index contributed by atoms with van der Waals surface area (Å²) in [7, 11) is 0. The van der Waals surface area contributed by atoms with Gasteiger partial charge in [0.2, 0.25) is 5.91 Å². The Morgan fingerprint density at radius 2 is 2.13 bits per heavy atom. The van der Waals surface area contributed by atoms with Crippen molar-refractivity contribution in [3.05, 3.63) is 21.3 Å². The zero-order valence-electron chi connectivity index (χ0n) is 8.38. The molecule has 0 aliphatic carbocycles. The molecule has 82 valence electrons. The van der Waals surface area contributed by atoms with E-state index in [1.165, 1.54) is 11.3 Å². The highest BCUT2D eigenvalue weighted by Crippen LogP contribution is 2.22. The Bertz CT molecular complexity index is 362. The average Bonchev–Trinajstić information content (AvgIpc) is 2.62. The number of hydrogen-bond acceptors (Lipinski definition) is 3. The van der Waals surface area contributed by atoms with Gasteiger partial charge in [0.15, 0.2) is 5.78 Å². The van der Waals surface area contributed by atoms with Gasteiger partial charge in [-0.3, -0.25) is 9.59 Å². The van der Waals surface area contributed by atoms with Gasteiger partial charge >= 0.3 is 0 Å². The fourth-order valence-corrected chi connectivity index (χ4v) is 2.11. The minimum absolute atomic E-state index is 0.0295. The molecule has 15 heavy (non-hydrogen) atoms. The molecule has 1 rings (SSSR count). The third-order valence-electron chi connectivity index (χ3n) is 1.80. The zero-order chi connectivity index (χ0) is 11.3. The van der Waals surface area contributed by atoms with E-state index in [4.69, 9.17) is 11.6 Å². The summed E-state index contributed by atoms with van der Waals surface area (Å²) < 4.78 is 0.594. The zero-order valence-corrected chi connectivity index (χ0v) is 9.95. The van der Waals surface area contributed by atoms with Gasteiger partial charge in [0.25, 0.3) is 0 Å². The van der Waals surface area contributed by atoms with E-state index in [2.05, 4.69) is 5.32 Å². The first-order chi connectivity index (χ1) is 7.13. The van der Waals surface area contributed by atoms with Gasteiger partial charge in [-0.2, -0.15) is 0 Å². The van der Waals surface area contributed by atoms with Crippen LogP contribution in [0.2, 0.25) is 4.34 Å². The number of halogens is 1. The van der Waals surface area contributed by atoms with Crippen LogP contribution in [0.15, 0.2) is 12.1 Å². The van der Waals surface area contributed by atoms with Crippen molar-refractivity contribution in [2.24, 2.45) is 0 Å². The van der Waals surface area contributed by atoms with Crippen LogP contribution in [-0.4, -0.2) is 18.2 Å². The highest BCUT2D eigenvalue weighted by Gasteiger charge is 2.10. The molecule has 0 aliphatic heterocycles. The molecule has 0 saturated carbocycles. The van der Waals surface area contributed by atoms with Crippen LogP contribution in [0.25, 0.3) is 0 Å². The monoisotopic (exact) mass is 245 g/mol. The normalized spacial score (nSPS) is 10.0. The third kappa shape index (κ3) is 4.01. The van der Waals surface area contributed by atoms with Gasteiger partial charge in [0.1, 0.15) is 0 Å². The highest BCUT2D eigenvalue weighted by atomic mass is 35.5. The van der Waals surface area contributed by atoms with Crippen molar-refractivity contribution in [3.8, 4) is 0 Å². The second-order valence-corrected chi connectivity index (χ2v) is 4.70. The number of ketones is 1. The van der Waals surface area contributed by atoms with Crippen LogP contribution in [0.1, 0.15) is 29.4 Å². The lowest BCUT2D eigenvalue weighted by molar-refractivity contribution is -0.120. The SMILES string of the molecule is CCNC(=O)CCC(=O)c1ccc(Cl)s1. The van der Waals surface area contributed by atoms with Gasteiger partial charge < -0.3 is 5.32 Å². The topological polar surface area (TPSA) is 46.2 Å². The molecule has 1 amide bonds. The Hall–Kier alpha value is -0.870. The summed E-state index contributed by atoms with van der Waals surface area (Å²) in [6.45, 7) is 2.44. The fourth-order valence-electron chi connectivity index (χ4n) is 1.10. The molecule has 0 atom stereocenters. The molecule has 0 saturated heterocycles. The molecule has 1 aromatic heterocycles. The summed E-state index contributed by atoms with van der Waals surface area (Å²) in [6, 6.07) is 3.37. The van der Waals surface area contributed by atoms with Crippen LogP contribution in [0, 0.1) is 0 Å². The van der Waals surface area contributed by atoms with E-state index < -0.39 is 0 Å². The van der Waals surface area contributed by atoms with Crippen LogP contribution >= 0.6 is 22.9 Å². The van der Waals surface area contributed by atoms with Crippen molar-refractivity contribution < 1.29 is 9.59 Å². The summed E-state index contributed by atoms with van der Waals surface area (Å²) in [5.74, 6) is -0.119. The lowest BCUT2D eigenvalue weighted by Crippen LogP contribution is -2.22. The Morgan fingerprint density at radius 3 is 2.67 bits per heavy atom. The van der Waals surface area contributed by atoms with Gasteiger partial charge in [-0.1, -0.05) is 11.6 Å². The maximum atomic E-state index is 11.5. The first kappa shape index (κ1) is 12.2. The third-order valence-corrected chi connectivity index (χ3v) is 3.07. The Kier molecular flexibility index (Phi) is 4.78. The largest absolute Gasteiger partial charge is 0.356 e. The average molecular weight is 246 g/mol. The van der Waals surface area contributed by atoms with Crippen LogP contribution < -0.4 is 5.32 Å². The van der Waals surface area contributed by atoms with Crippen LogP contribution in [0.3, 0.4) is 0 Å². The molecule has 5 heteroatoms. The molecule has 0 bridgehead atoms. The maximum absolute atomic E-state index is 11.5. The number of Topliss-reactive ketones (excluding diaryl/α,β-unsaturated/α-hetero) is 1. The van der Waals surface area contributed by atoms with E-state index in [-0.39, 0.29) is 24.5 Å². The van der Waals surface area contributed by atoms with Crippen molar-refractivity contribution in [2.75, 3.05) is 6.54 Å². The summed E-state index contributed by atoms with van der Waals surface area (Å²) >= 11 is 6.95. The number of nitrogens with one attached hydrogen (secondary N) is 1. The fraction of sp³-hybridized carbons (Fsp3) is 0.400. The molecule has 0 unspecified atom stereocenters. The molecule has 0 aromatic carbocycles. The number of amides is 1. The Morgan fingerprint density at radius 1 is 1.40 bits per heavy atom. The van der Waals surface area contributed by atoms with E-state index in [9.17, 15) is 9.59 Å². The molecule has 3 nitrogen and oxygen atoms in total. The molecular weight excluding hydrogens is 234 g/mol. The van der Waals surface area contributed by atoms with Crippen molar-refractivity contribution >= 4 is 34.6 Å². The number of carbonyl (C=O) groups excluding carboxylic acids is 2. The van der Waals surface area contributed by atoms with Gasteiger partial charge in [-0.15, -0.1) is 11.3 Å². The van der Waals surface area contributed by atoms with Crippen LogP contribution in [0.5, 0.6) is 0 Å². The predicted octanol–water partition coefficient (Wildman–Crippen LogP) is 2.50. The van der Waals surface area contributed by atoms with Gasteiger partial charge in [0, 0.05) is 19.4 Å². The van der Waals surface area contributed by atoms with E-state index in [1.54, 1.807) is 12.1 Å². The van der Waals surface area contributed by atoms with Gasteiger partial charge in [-0.05, 0) is 19.1 Å². The minimum Gasteiger partial charge on any atom is -0.356 e. The second-order valence-electron chi connectivity index (χ2n) is 2.98. The number of hydrogen-bond donors (Lipinski definition) is 1. The van der Waals surface area contributed by atoms with Crippen molar-refractivity contribution in [1.82, 2.24) is 5.32 Å². The Labute approximate surface area is 97.4 Å². The predicted molar refractivity (Wildman–Crippen MR) is 61.6 cm³/mol. The molecule has 0 aliphatic rings. The van der Waals surface area contributed by atoms with Crippen molar-refractivity contribution in [1.29, 1.82) is 0 Å². The summed E-state index contributed by atoms with van der Waals surface area (Å²) in [5.41, 5.74) is 0. The molecule has 0 fully saturated rings. The maximum Gasteiger partial charge on any atom is 0.220 e. The van der Waals surface area contributed by atoms with Gasteiger partial charge in [-0.25, -0.2) is 0 Å². The van der Waals surface area contributed by atoms with E-state index in [0.717, 1.165) is 0 Å². The summed E-state index contributed by atoms with van der Waals surface area (Å²) in [4.78, 5) is 23.3. The quantitative estimate of drug-likeness (QED) is 0.811. The van der Waals surface area contributed by atoms with Crippen LogP contribution in [-0.2, 0) is 4.79 Å². The van der Waals surface area contributed by atoms with Gasteiger partial charge in [0.05, 0.1) is 9.21 Å². The van der Waals surface area contributed by atoms with E-state index in [1.807, 2.05) is 6.92 Å². The lowest BCUT2D eigenvalue weighted by Gasteiger charge is -2.00. The first-order valence-electron chi connectivity index (χ1n) is 4.68. The molecule has 1 aromatic rings. The van der Waals surface area contributed by atoms with E-state index in [0.29, 0.717) is 15.8 Å². The standard InChI is InChI=1S/C10H12ClNO2S/c1-2-12-10(14)6-3-7(13)8-4-5-9(11)15-8/h4-5H,2-3,6H2,1H3,(H,12,14). The summed E-state index contributed by atoms with van der Waals surface area (Å²) in [6.07, 6.45) is 0.477. The summed E-state index contributed by atoms with van der Waals surface area (Å²) in [5, 5.41) is 2.64. The molecule has 1 N–H and O–H groups in total. The lowest BCUT2D eigenvalue weighted by atomic mass is 10.2. The second kappa shape index (κ2) is 5.88. The highest BCUT2D eigenvalue weighted by molar-refractivity contribution is 7.18. The molecule has 0 radical (unpaired) electrons. The molecular formula is C10H12ClNO2S. The number of carbonyl (C=O) groups is 2. The molecule has 0 spiro atoms. The number of rotatable bonds is 5.